The van der Waals surface area contributed by atoms with Crippen LogP contribution in [0.5, 0.6) is 0 Å². The maximum atomic E-state index is 13.2. The van der Waals surface area contributed by atoms with Crippen LogP contribution in [0.15, 0.2) is 77.5 Å². The van der Waals surface area contributed by atoms with Crippen molar-refractivity contribution in [3.8, 4) is 0 Å². The number of anilines is 3. The van der Waals surface area contributed by atoms with Gasteiger partial charge in [0.1, 0.15) is 10.7 Å². The summed E-state index contributed by atoms with van der Waals surface area (Å²) in [6.07, 6.45) is 1.60. The van der Waals surface area contributed by atoms with Gasteiger partial charge in [-0.05, 0) is 67.1 Å². The Kier molecular flexibility index (Phi) is 8.91. The quantitative estimate of drug-likeness (QED) is 0.165. The van der Waals surface area contributed by atoms with Crippen molar-refractivity contribution in [3.63, 3.8) is 0 Å². The van der Waals surface area contributed by atoms with Crippen molar-refractivity contribution in [2.75, 3.05) is 22.1 Å². The van der Waals surface area contributed by atoms with E-state index < -0.39 is 17.8 Å². The van der Waals surface area contributed by atoms with Crippen molar-refractivity contribution in [3.05, 3.63) is 98.6 Å². The van der Waals surface area contributed by atoms with Crippen LogP contribution in [0.1, 0.15) is 40.5 Å². The fourth-order valence-electron chi connectivity index (χ4n) is 3.64. The number of carbonyl (C=O) groups excluding carboxylic acids is 4. The minimum absolute atomic E-state index is 0.134. The van der Waals surface area contributed by atoms with E-state index in [0.717, 1.165) is 17.7 Å². The average molecular weight is 587 g/mol. The number of rotatable bonds is 9. The molecule has 0 saturated heterocycles. The van der Waals surface area contributed by atoms with Crippen molar-refractivity contribution in [1.82, 2.24) is 0 Å². The highest BCUT2D eigenvalue weighted by Crippen LogP contribution is 2.31. The van der Waals surface area contributed by atoms with Gasteiger partial charge in [-0.1, -0.05) is 54.2 Å². The summed E-state index contributed by atoms with van der Waals surface area (Å²) >= 11 is 18.1. The molecule has 0 aromatic heterocycles. The van der Waals surface area contributed by atoms with Crippen LogP contribution in [-0.2, 0) is 14.3 Å². The van der Waals surface area contributed by atoms with E-state index in [1.807, 2.05) is 6.92 Å². The van der Waals surface area contributed by atoms with Crippen molar-refractivity contribution < 1.29 is 23.9 Å². The van der Waals surface area contributed by atoms with Crippen molar-refractivity contribution in [2.24, 2.45) is 0 Å². The molecule has 0 saturated carbocycles. The number of hydrogen-bond donors (Lipinski definition) is 2. The Labute approximate surface area is 239 Å². The van der Waals surface area contributed by atoms with E-state index in [4.69, 9.17) is 39.5 Å². The number of ether oxygens (including phenoxy) is 1. The van der Waals surface area contributed by atoms with E-state index in [1.54, 1.807) is 30.3 Å². The van der Waals surface area contributed by atoms with Gasteiger partial charge in [0.2, 0.25) is 0 Å². The first-order valence-electron chi connectivity index (χ1n) is 11.9. The lowest BCUT2D eigenvalue weighted by molar-refractivity contribution is -0.120. The molecule has 1 aliphatic heterocycles. The predicted molar refractivity (Wildman–Crippen MR) is 151 cm³/mol. The van der Waals surface area contributed by atoms with Crippen LogP contribution in [0.4, 0.5) is 17.1 Å². The first-order chi connectivity index (χ1) is 18.7. The van der Waals surface area contributed by atoms with E-state index in [0.29, 0.717) is 27.0 Å². The van der Waals surface area contributed by atoms with Crippen LogP contribution >= 0.6 is 34.8 Å². The largest absolute Gasteiger partial charge is 0.462 e. The fraction of sp³-hybridized carbons (Fsp3) is 0.143. The number of unbranched alkanes of at least 4 members (excludes halogenated alkanes) is 1. The van der Waals surface area contributed by atoms with Gasteiger partial charge in [-0.3, -0.25) is 14.4 Å². The van der Waals surface area contributed by atoms with E-state index in [1.165, 1.54) is 36.4 Å². The molecule has 1 heterocycles. The van der Waals surface area contributed by atoms with Gasteiger partial charge >= 0.3 is 5.97 Å². The number of nitrogens with zero attached hydrogens (tertiary/aromatic N) is 1. The Hall–Kier alpha value is -3.85. The SMILES string of the molecule is CCCCOC(=O)c1cccc(N2C(=O)C(Cl)=C(Nc3ccc(C(=O)Nc4ccc(Cl)c(Cl)c4)cc3)C2=O)c1. The molecule has 8 nitrogen and oxygen atoms in total. The summed E-state index contributed by atoms with van der Waals surface area (Å²) in [5.41, 5.74) is 1.48. The number of halogens is 3. The topological polar surface area (TPSA) is 105 Å². The Morgan fingerprint density at radius 1 is 0.846 bits per heavy atom. The second kappa shape index (κ2) is 12.3. The molecule has 3 amide bonds. The molecule has 3 aromatic carbocycles. The van der Waals surface area contributed by atoms with Crippen LogP contribution in [0.25, 0.3) is 0 Å². The lowest BCUT2D eigenvalue weighted by Crippen LogP contribution is -2.32. The maximum Gasteiger partial charge on any atom is 0.338 e. The monoisotopic (exact) mass is 585 g/mol. The van der Waals surface area contributed by atoms with Crippen molar-refractivity contribution >= 4 is 75.6 Å². The molecule has 11 heteroatoms. The van der Waals surface area contributed by atoms with Crippen LogP contribution in [0.3, 0.4) is 0 Å². The third-order valence-corrected chi connectivity index (χ3v) is 6.78. The summed E-state index contributed by atoms with van der Waals surface area (Å²) in [7, 11) is 0. The van der Waals surface area contributed by atoms with Gasteiger partial charge in [-0.25, -0.2) is 9.69 Å². The molecule has 0 unspecified atom stereocenters. The van der Waals surface area contributed by atoms with Crippen LogP contribution in [-0.4, -0.2) is 30.3 Å². The molecule has 0 atom stereocenters. The zero-order valence-corrected chi connectivity index (χ0v) is 22.9. The zero-order valence-electron chi connectivity index (χ0n) is 20.6. The first kappa shape index (κ1) is 28.2. The van der Waals surface area contributed by atoms with Gasteiger partial charge in [0, 0.05) is 16.9 Å². The lowest BCUT2D eigenvalue weighted by atomic mass is 10.1. The lowest BCUT2D eigenvalue weighted by Gasteiger charge is -2.16. The number of nitrogens with one attached hydrogen (secondary N) is 2. The summed E-state index contributed by atoms with van der Waals surface area (Å²) < 4.78 is 5.21. The van der Waals surface area contributed by atoms with Gasteiger partial charge in [0.25, 0.3) is 17.7 Å². The molecule has 0 spiro atoms. The Bertz CT molecular complexity index is 1490. The molecule has 39 heavy (non-hydrogen) atoms. The summed E-state index contributed by atoms with van der Waals surface area (Å²) in [5, 5.41) is 5.94. The first-order valence-corrected chi connectivity index (χ1v) is 13.0. The van der Waals surface area contributed by atoms with E-state index in [-0.39, 0.29) is 34.5 Å². The fourth-order valence-corrected chi connectivity index (χ4v) is 4.15. The Balaban J connectivity index is 1.45. The average Bonchev–Trinajstić information content (AvgIpc) is 3.14. The number of imide groups is 1. The molecule has 0 fully saturated rings. The van der Waals surface area contributed by atoms with Crippen LogP contribution < -0.4 is 15.5 Å². The van der Waals surface area contributed by atoms with E-state index >= 15 is 0 Å². The van der Waals surface area contributed by atoms with Gasteiger partial charge in [-0.2, -0.15) is 0 Å². The van der Waals surface area contributed by atoms with Crippen molar-refractivity contribution in [2.45, 2.75) is 19.8 Å². The molecule has 0 aliphatic carbocycles. The molecule has 0 bridgehead atoms. The Morgan fingerprint density at radius 3 is 2.26 bits per heavy atom. The smallest absolute Gasteiger partial charge is 0.338 e. The highest BCUT2D eigenvalue weighted by Gasteiger charge is 2.39. The Morgan fingerprint density at radius 2 is 1.56 bits per heavy atom. The second-order valence-electron chi connectivity index (χ2n) is 8.46. The predicted octanol–water partition coefficient (Wildman–Crippen LogP) is 6.64. The molecular formula is C28H22Cl3N3O5. The summed E-state index contributed by atoms with van der Waals surface area (Å²) in [6, 6.07) is 16.9. The van der Waals surface area contributed by atoms with Crippen molar-refractivity contribution in [1.29, 1.82) is 0 Å². The second-order valence-corrected chi connectivity index (χ2v) is 9.65. The zero-order chi connectivity index (χ0) is 28.1. The van der Waals surface area contributed by atoms with Gasteiger partial charge < -0.3 is 15.4 Å². The third kappa shape index (κ3) is 6.42. The highest BCUT2D eigenvalue weighted by atomic mass is 35.5. The van der Waals surface area contributed by atoms with Crippen LogP contribution in [0.2, 0.25) is 10.0 Å². The van der Waals surface area contributed by atoms with Crippen LogP contribution in [0, 0.1) is 0 Å². The molecule has 4 rings (SSSR count). The molecule has 0 radical (unpaired) electrons. The van der Waals surface area contributed by atoms with E-state index in [2.05, 4.69) is 10.6 Å². The standard InChI is InChI=1S/C28H22Cl3N3O5/c1-2-3-13-39-28(38)17-5-4-6-20(14-17)34-26(36)23(31)24(27(34)37)32-18-9-7-16(8-10-18)25(35)33-19-11-12-21(29)22(30)15-19/h4-12,14-15,32H,2-3,13H2,1H3,(H,33,35). The molecule has 3 aromatic rings. The molecule has 2 N–H and O–H groups in total. The highest BCUT2D eigenvalue weighted by molar-refractivity contribution is 6.53. The molecule has 1 aliphatic rings. The van der Waals surface area contributed by atoms with E-state index in [9.17, 15) is 19.2 Å². The number of carbonyl (C=O) groups is 4. The molecule has 200 valence electrons. The minimum Gasteiger partial charge on any atom is -0.462 e. The normalized spacial score (nSPS) is 13.1. The van der Waals surface area contributed by atoms with Gasteiger partial charge in [-0.15, -0.1) is 0 Å². The summed E-state index contributed by atoms with van der Waals surface area (Å²) in [5.74, 6) is -2.37. The maximum absolute atomic E-state index is 13.2. The van der Waals surface area contributed by atoms with Gasteiger partial charge in [0.15, 0.2) is 0 Å². The summed E-state index contributed by atoms with van der Waals surface area (Å²) in [4.78, 5) is 51.8. The number of esters is 1. The number of hydrogen-bond acceptors (Lipinski definition) is 6. The van der Waals surface area contributed by atoms with Gasteiger partial charge in [0.05, 0.1) is 27.9 Å². The number of benzene rings is 3. The minimum atomic E-state index is -0.738. The third-order valence-electron chi connectivity index (χ3n) is 5.69. The molecular weight excluding hydrogens is 565 g/mol. The summed E-state index contributed by atoms with van der Waals surface area (Å²) in [6.45, 7) is 2.25. The number of amides is 3.